The van der Waals surface area contributed by atoms with E-state index in [1.165, 1.54) is 10.8 Å². The molecule has 11 heteroatoms. The Hall–Kier alpha value is -2.66. The quantitative estimate of drug-likeness (QED) is 0.406. The van der Waals surface area contributed by atoms with E-state index in [0.29, 0.717) is 50.8 Å². The van der Waals surface area contributed by atoms with Crippen molar-refractivity contribution >= 4 is 39.6 Å². The molecule has 0 atom stereocenters. The number of aromatic nitrogens is 2. The van der Waals surface area contributed by atoms with Crippen LogP contribution in [0.15, 0.2) is 35.5 Å². The van der Waals surface area contributed by atoms with Crippen LogP contribution in [0.3, 0.4) is 0 Å². The number of hydrogen-bond donors (Lipinski definition) is 0. The second kappa shape index (κ2) is 11.6. The summed E-state index contributed by atoms with van der Waals surface area (Å²) in [6.45, 7) is 9.25. The topological polar surface area (TPSA) is 88.1 Å². The van der Waals surface area contributed by atoms with Gasteiger partial charge in [0.15, 0.2) is 0 Å². The monoisotopic (exact) mass is 531 g/mol. The van der Waals surface area contributed by atoms with Crippen LogP contribution in [0.5, 0.6) is 0 Å². The van der Waals surface area contributed by atoms with E-state index in [1.807, 2.05) is 57.4 Å². The fourth-order valence-corrected chi connectivity index (χ4v) is 5.25. The third kappa shape index (κ3) is 6.76. The van der Waals surface area contributed by atoms with Gasteiger partial charge in [-0.05, 0) is 49.8 Å². The summed E-state index contributed by atoms with van der Waals surface area (Å²) in [7, 11) is 3.09. The van der Waals surface area contributed by atoms with Crippen molar-refractivity contribution in [1.29, 1.82) is 0 Å². The Bertz CT molecular complexity index is 1070. The molecule has 36 heavy (non-hydrogen) atoms. The van der Waals surface area contributed by atoms with Gasteiger partial charge in [-0.25, -0.2) is 19.6 Å². The lowest BCUT2D eigenvalue weighted by Gasteiger charge is -2.37. The number of piperazine rings is 1. The van der Waals surface area contributed by atoms with Gasteiger partial charge in [0, 0.05) is 38.3 Å². The molecule has 1 aromatic heterocycles. The minimum absolute atomic E-state index is 0.267. The summed E-state index contributed by atoms with van der Waals surface area (Å²) in [5.74, 6) is 0.901. The second-order valence-electron chi connectivity index (χ2n) is 9.67. The van der Waals surface area contributed by atoms with Crippen molar-refractivity contribution in [3.63, 3.8) is 0 Å². The van der Waals surface area contributed by atoms with E-state index in [1.54, 1.807) is 20.6 Å². The van der Waals surface area contributed by atoms with Gasteiger partial charge in [-0.2, -0.15) is 0 Å². The smallest absolute Gasteiger partial charge is 0.410 e. The summed E-state index contributed by atoms with van der Waals surface area (Å²) in [4.78, 5) is 40.5. The second-order valence-corrected chi connectivity index (χ2v) is 12.0. The molecule has 1 fully saturated rings. The number of rotatable bonds is 5. The van der Waals surface area contributed by atoms with Gasteiger partial charge in [-0.15, -0.1) is 0 Å². The van der Waals surface area contributed by atoms with Crippen molar-refractivity contribution in [3.05, 3.63) is 47.2 Å². The SMILES string of the molecule is CSSc1nc2c(c(N3CCN(C(=O)OCc4ccccc4)CC3)n1)CCN(C(=O)OC(C)(C)C)C2. The van der Waals surface area contributed by atoms with Crippen LogP contribution in [0, 0.1) is 0 Å². The number of nitrogens with zero attached hydrogens (tertiary/aromatic N) is 5. The van der Waals surface area contributed by atoms with E-state index in [-0.39, 0.29) is 18.8 Å². The first-order valence-electron chi connectivity index (χ1n) is 12.0. The number of ether oxygens (including phenoxy) is 2. The van der Waals surface area contributed by atoms with Gasteiger partial charge in [-0.1, -0.05) is 41.1 Å². The first-order chi connectivity index (χ1) is 17.2. The standard InChI is InChI=1S/C25H33N5O4S2/c1-25(2,3)34-24(32)30-11-10-19-20(16-30)26-22(36-35-4)27-21(19)28-12-14-29(15-13-28)23(31)33-17-18-8-6-5-7-9-18/h5-9H,10-17H2,1-4H3. The number of hydrogen-bond acceptors (Lipinski definition) is 9. The predicted molar refractivity (Wildman–Crippen MR) is 142 cm³/mol. The molecule has 0 bridgehead atoms. The summed E-state index contributed by atoms with van der Waals surface area (Å²) >= 11 is 0. The molecule has 0 aliphatic carbocycles. The van der Waals surface area contributed by atoms with Gasteiger partial charge in [0.25, 0.3) is 0 Å². The maximum atomic E-state index is 12.7. The molecule has 2 amide bonds. The highest BCUT2D eigenvalue weighted by atomic mass is 33.1. The molecule has 0 saturated carbocycles. The van der Waals surface area contributed by atoms with Crippen LogP contribution in [0.1, 0.15) is 37.6 Å². The molecule has 0 N–H and O–H groups in total. The average molecular weight is 532 g/mol. The Kier molecular flexibility index (Phi) is 8.50. The summed E-state index contributed by atoms with van der Waals surface area (Å²) in [6, 6.07) is 9.69. The number of carbonyl (C=O) groups is 2. The normalized spacial score (nSPS) is 15.9. The molecule has 9 nitrogen and oxygen atoms in total. The van der Waals surface area contributed by atoms with Crippen LogP contribution >= 0.6 is 21.6 Å². The number of fused-ring (bicyclic) bond motifs is 1. The van der Waals surface area contributed by atoms with Crippen LogP contribution in [-0.2, 0) is 29.0 Å². The van der Waals surface area contributed by atoms with Crippen LogP contribution in [-0.4, -0.2) is 76.5 Å². The molecule has 0 radical (unpaired) electrons. The van der Waals surface area contributed by atoms with Gasteiger partial charge in [0.05, 0.1) is 12.2 Å². The van der Waals surface area contributed by atoms with Crippen molar-refractivity contribution in [2.75, 3.05) is 43.9 Å². The van der Waals surface area contributed by atoms with Crippen LogP contribution in [0.4, 0.5) is 15.4 Å². The lowest BCUT2D eigenvalue weighted by Crippen LogP contribution is -2.50. The third-order valence-electron chi connectivity index (χ3n) is 5.87. The summed E-state index contributed by atoms with van der Waals surface area (Å²) in [6.07, 6.45) is 2.03. The summed E-state index contributed by atoms with van der Waals surface area (Å²) in [5, 5.41) is 0.673. The predicted octanol–water partition coefficient (Wildman–Crippen LogP) is 4.60. The van der Waals surface area contributed by atoms with Crippen molar-refractivity contribution in [3.8, 4) is 0 Å². The van der Waals surface area contributed by atoms with Crippen molar-refractivity contribution in [2.24, 2.45) is 0 Å². The van der Waals surface area contributed by atoms with Crippen molar-refractivity contribution in [2.45, 2.75) is 51.1 Å². The fourth-order valence-electron chi connectivity index (χ4n) is 4.16. The summed E-state index contributed by atoms with van der Waals surface area (Å²) < 4.78 is 11.1. The van der Waals surface area contributed by atoms with Gasteiger partial charge in [0.1, 0.15) is 18.0 Å². The number of carbonyl (C=O) groups excluding carboxylic acids is 2. The largest absolute Gasteiger partial charge is 0.445 e. The van der Waals surface area contributed by atoms with Gasteiger partial charge >= 0.3 is 12.2 Å². The molecule has 194 valence electrons. The first kappa shape index (κ1) is 26.4. The summed E-state index contributed by atoms with van der Waals surface area (Å²) in [5.41, 5.74) is 2.35. The minimum Gasteiger partial charge on any atom is -0.445 e. The minimum atomic E-state index is -0.546. The number of benzene rings is 1. The molecular formula is C25H33N5O4S2. The zero-order valence-corrected chi connectivity index (χ0v) is 22.9. The van der Waals surface area contributed by atoms with E-state index in [0.717, 1.165) is 22.6 Å². The lowest BCUT2D eigenvalue weighted by atomic mass is 10.0. The molecule has 2 aromatic rings. The van der Waals surface area contributed by atoms with E-state index in [4.69, 9.17) is 19.4 Å². The number of amides is 2. The van der Waals surface area contributed by atoms with Gasteiger partial charge < -0.3 is 24.2 Å². The molecule has 4 rings (SSSR count). The Morgan fingerprint density at radius 3 is 2.36 bits per heavy atom. The van der Waals surface area contributed by atoms with E-state index in [9.17, 15) is 9.59 Å². The molecule has 0 unspecified atom stereocenters. The third-order valence-corrected chi connectivity index (χ3v) is 7.32. The fraction of sp³-hybridized carbons (Fsp3) is 0.520. The van der Waals surface area contributed by atoms with E-state index >= 15 is 0 Å². The van der Waals surface area contributed by atoms with Gasteiger partial charge in [0.2, 0.25) is 5.16 Å². The van der Waals surface area contributed by atoms with Crippen LogP contribution < -0.4 is 4.90 Å². The molecule has 1 aromatic carbocycles. The maximum Gasteiger partial charge on any atom is 0.410 e. The molecule has 0 spiro atoms. The number of anilines is 1. The lowest BCUT2D eigenvalue weighted by molar-refractivity contribution is 0.0220. The Morgan fingerprint density at radius 1 is 0.972 bits per heavy atom. The van der Waals surface area contributed by atoms with E-state index < -0.39 is 5.60 Å². The van der Waals surface area contributed by atoms with Crippen molar-refractivity contribution in [1.82, 2.24) is 19.8 Å². The Morgan fingerprint density at radius 2 is 1.69 bits per heavy atom. The maximum absolute atomic E-state index is 12.7. The molecule has 3 heterocycles. The molecular weight excluding hydrogens is 498 g/mol. The van der Waals surface area contributed by atoms with Crippen molar-refractivity contribution < 1.29 is 19.1 Å². The zero-order valence-electron chi connectivity index (χ0n) is 21.2. The molecule has 2 aliphatic heterocycles. The van der Waals surface area contributed by atoms with Crippen LogP contribution in [0.25, 0.3) is 0 Å². The highest BCUT2D eigenvalue weighted by Gasteiger charge is 2.31. The molecule has 2 aliphatic rings. The van der Waals surface area contributed by atoms with E-state index in [2.05, 4.69) is 4.90 Å². The van der Waals surface area contributed by atoms with Gasteiger partial charge in [-0.3, -0.25) is 0 Å². The Labute approximate surface area is 220 Å². The highest BCUT2D eigenvalue weighted by molar-refractivity contribution is 8.76. The highest BCUT2D eigenvalue weighted by Crippen LogP contribution is 2.33. The Balaban J connectivity index is 1.42. The molecule has 1 saturated heterocycles. The van der Waals surface area contributed by atoms with Crippen LogP contribution in [0.2, 0.25) is 0 Å². The zero-order chi connectivity index (χ0) is 25.7. The first-order valence-corrected chi connectivity index (χ1v) is 14.6. The average Bonchev–Trinajstić information content (AvgIpc) is 2.86.